The molecule has 0 bridgehead atoms. The van der Waals surface area contributed by atoms with Gasteiger partial charge in [-0.05, 0) is 24.5 Å². The van der Waals surface area contributed by atoms with Gasteiger partial charge in [-0.3, -0.25) is 4.90 Å². The first-order chi connectivity index (χ1) is 7.24. The van der Waals surface area contributed by atoms with Crippen molar-refractivity contribution in [2.24, 2.45) is 0 Å². The quantitative estimate of drug-likeness (QED) is 0.661. The lowest BCUT2D eigenvalue weighted by molar-refractivity contribution is 0.142. The third kappa shape index (κ3) is 1.63. The molecule has 2 aliphatic rings. The molecule has 1 aliphatic carbocycles. The van der Waals surface area contributed by atoms with E-state index in [9.17, 15) is 4.79 Å². The van der Waals surface area contributed by atoms with Gasteiger partial charge in [-0.15, -0.1) is 0 Å². The molecule has 0 radical (unpaired) electrons. The van der Waals surface area contributed by atoms with Crippen LogP contribution < -0.4 is 0 Å². The fraction of sp³-hybridized carbons (Fsp3) is 0.364. The number of fused-ring (bicyclic) bond motifs is 1. The lowest BCUT2D eigenvalue weighted by Crippen LogP contribution is -2.25. The standard InChI is InChI=1S/C11H13NO3/c1-12(11(13)14-2)10-4-3-8-7-15-6-5-9(8)10/h5-7H,3-4H2,1-2H3. The molecule has 0 N–H and O–H groups in total. The predicted octanol–water partition coefficient (Wildman–Crippen LogP) is 2.16. The number of ether oxygens (including phenoxy) is 2. The van der Waals surface area contributed by atoms with Gasteiger partial charge in [0.15, 0.2) is 0 Å². The van der Waals surface area contributed by atoms with E-state index in [4.69, 9.17) is 4.74 Å². The summed E-state index contributed by atoms with van der Waals surface area (Å²) < 4.78 is 9.77. The monoisotopic (exact) mass is 207 g/mol. The van der Waals surface area contributed by atoms with E-state index in [0.29, 0.717) is 0 Å². The van der Waals surface area contributed by atoms with E-state index in [1.165, 1.54) is 7.11 Å². The van der Waals surface area contributed by atoms with E-state index in [1.54, 1.807) is 24.5 Å². The van der Waals surface area contributed by atoms with Gasteiger partial charge in [-0.1, -0.05) is 0 Å². The minimum absolute atomic E-state index is 0.335. The third-order valence-corrected chi connectivity index (χ3v) is 2.66. The Hall–Kier alpha value is -1.71. The molecule has 4 nitrogen and oxygen atoms in total. The highest BCUT2D eigenvalue weighted by Gasteiger charge is 2.25. The molecule has 0 spiro atoms. The Labute approximate surface area is 88.5 Å². The van der Waals surface area contributed by atoms with Gasteiger partial charge < -0.3 is 9.47 Å². The molecule has 15 heavy (non-hydrogen) atoms. The summed E-state index contributed by atoms with van der Waals surface area (Å²) in [6, 6.07) is 0. The molecule has 0 aromatic heterocycles. The summed E-state index contributed by atoms with van der Waals surface area (Å²) in [5.74, 6) is 0. The first-order valence-corrected chi connectivity index (χ1v) is 4.80. The highest BCUT2D eigenvalue weighted by molar-refractivity contribution is 5.71. The zero-order valence-corrected chi connectivity index (χ0v) is 8.82. The van der Waals surface area contributed by atoms with Crippen molar-refractivity contribution in [3.05, 3.63) is 35.4 Å². The normalized spacial score (nSPS) is 18.1. The van der Waals surface area contributed by atoms with Gasteiger partial charge in [-0.2, -0.15) is 0 Å². The van der Waals surface area contributed by atoms with Crippen molar-refractivity contribution in [2.75, 3.05) is 14.2 Å². The van der Waals surface area contributed by atoms with E-state index in [-0.39, 0.29) is 6.09 Å². The second kappa shape index (κ2) is 3.81. The third-order valence-electron chi connectivity index (χ3n) is 2.66. The van der Waals surface area contributed by atoms with Crippen LogP contribution in [0.4, 0.5) is 4.79 Å². The summed E-state index contributed by atoms with van der Waals surface area (Å²) >= 11 is 0. The highest BCUT2D eigenvalue weighted by Crippen LogP contribution is 2.35. The minimum Gasteiger partial charge on any atom is -0.472 e. The van der Waals surface area contributed by atoms with Crippen LogP contribution in [0, 0.1) is 0 Å². The van der Waals surface area contributed by atoms with Gasteiger partial charge >= 0.3 is 6.09 Å². The van der Waals surface area contributed by atoms with Crippen LogP contribution in [-0.4, -0.2) is 25.2 Å². The maximum atomic E-state index is 11.4. The molecule has 0 fully saturated rings. The number of hydrogen-bond donors (Lipinski definition) is 0. The smallest absolute Gasteiger partial charge is 0.413 e. The maximum Gasteiger partial charge on any atom is 0.413 e. The van der Waals surface area contributed by atoms with Crippen molar-refractivity contribution in [1.29, 1.82) is 0 Å². The molecule has 0 saturated carbocycles. The van der Waals surface area contributed by atoms with Crippen LogP contribution in [-0.2, 0) is 9.47 Å². The Balaban J connectivity index is 2.29. The Bertz CT molecular complexity index is 379. The number of methoxy groups -OCH3 is 1. The van der Waals surface area contributed by atoms with Gasteiger partial charge in [0, 0.05) is 18.3 Å². The fourth-order valence-corrected chi connectivity index (χ4v) is 1.86. The van der Waals surface area contributed by atoms with Crippen LogP contribution in [0.2, 0.25) is 0 Å². The first kappa shape index (κ1) is 9.83. The van der Waals surface area contributed by atoms with Crippen LogP contribution in [0.15, 0.2) is 35.4 Å². The molecular formula is C11H13NO3. The second-order valence-electron chi connectivity index (χ2n) is 3.47. The molecule has 1 amide bonds. The lowest BCUT2D eigenvalue weighted by Gasteiger charge is -2.18. The lowest BCUT2D eigenvalue weighted by atomic mass is 10.1. The van der Waals surface area contributed by atoms with Gasteiger partial charge in [0.2, 0.25) is 0 Å². The van der Waals surface area contributed by atoms with Crippen molar-refractivity contribution < 1.29 is 14.3 Å². The van der Waals surface area contributed by atoms with Gasteiger partial charge in [0.25, 0.3) is 0 Å². The first-order valence-electron chi connectivity index (χ1n) is 4.80. The molecule has 2 rings (SSSR count). The average Bonchev–Trinajstić information content (AvgIpc) is 2.70. The number of allylic oxidation sites excluding steroid dienone is 4. The molecule has 0 atom stereocenters. The Kier molecular flexibility index (Phi) is 2.49. The summed E-state index contributed by atoms with van der Waals surface area (Å²) in [6.07, 6.45) is 6.66. The van der Waals surface area contributed by atoms with Crippen LogP contribution in [0.3, 0.4) is 0 Å². The van der Waals surface area contributed by atoms with Crippen LogP contribution in [0.5, 0.6) is 0 Å². The van der Waals surface area contributed by atoms with Gasteiger partial charge in [0.05, 0.1) is 19.6 Å². The SMILES string of the molecule is COC(=O)N(C)C1=C2C=COC=C2CC1. The highest BCUT2D eigenvalue weighted by atomic mass is 16.5. The van der Waals surface area contributed by atoms with Crippen molar-refractivity contribution in [3.8, 4) is 0 Å². The summed E-state index contributed by atoms with van der Waals surface area (Å²) in [7, 11) is 3.11. The van der Waals surface area contributed by atoms with Crippen LogP contribution in [0.1, 0.15) is 12.8 Å². The molecule has 1 heterocycles. The Morgan fingerprint density at radius 1 is 1.53 bits per heavy atom. The van der Waals surface area contributed by atoms with E-state index in [2.05, 4.69) is 4.74 Å². The van der Waals surface area contributed by atoms with Crippen molar-refractivity contribution in [2.45, 2.75) is 12.8 Å². The number of rotatable bonds is 1. The summed E-state index contributed by atoms with van der Waals surface area (Å²) in [4.78, 5) is 12.9. The zero-order valence-electron chi connectivity index (χ0n) is 8.82. The molecule has 0 aromatic carbocycles. The molecule has 1 aliphatic heterocycles. The van der Waals surface area contributed by atoms with E-state index in [0.717, 1.165) is 29.7 Å². The summed E-state index contributed by atoms with van der Waals surface area (Å²) in [6.45, 7) is 0. The molecule has 0 saturated heterocycles. The van der Waals surface area contributed by atoms with Crippen molar-refractivity contribution in [1.82, 2.24) is 4.90 Å². The number of carbonyl (C=O) groups is 1. The largest absolute Gasteiger partial charge is 0.472 e. The van der Waals surface area contributed by atoms with Crippen LogP contribution in [0.25, 0.3) is 0 Å². The fourth-order valence-electron chi connectivity index (χ4n) is 1.86. The minimum atomic E-state index is -0.335. The molecule has 0 unspecified atom stereocenters. The van der Waals surface area contributed by atoms with Crippen LogP contribution >= 0.6 is 0 Å². The summed E-state index contributed by atoms with van der Waals surface area (Å²) in [5.41, 5.74) is 3.21. The van der Waals surface area contributed by atoms with Gasteiger partial charge in [-0.25, -0.2) is 4.79 Å². The number of amides is 1. The predicted molar refractivity (Wildman–Crippen MR) is 54.7 cm³/mol. The van der Waals surface area contributed by atoms with Crippen molar-refractivity contribution >= 4 is 6.09 Å². The van der Waals surface area contributed by atoms with E-state index in [1.807, 2.05) is 6.08 Å². The number of hydrogen-bond acceptors (Lipinski definition) is 3. The van der Waals surface area contributed by atoms with Gasteiger partial charge in [0.1, 0.15) is 0 Å². The maximum absolute atomic E-state index is 11.4. The molecule has 80 valence electrons. The topological polar surface area (TPSA) is 38.8 Å². The second-order valence-corrected chi connectivity index (χ2v) is 3.47. The molecule has 4 heteroatoms. The Morgan fingerprint density at radius 2 is 2.33 bits per heavy atom. The number of carbonyl (C=O) groups excluding carboxylic acids is 1. The zero-order chi connectivity index (χ0) is 10.8. The van der Waals surface area contributed by atoms with E-state index >= 15 is 0 Å². The van der Waals surface area contributed by atoms with E-state index < -0.39 is 0 Å². The molecule has 0 aromatic rings. The Morgan fingerprint density at radius 3 is 3.07 bits per heavy atom. The summed E-state index contributed by atoms with van der Waals surface area (Å²) in [5, 5.41) is 0. The van der Waals surface area contributed by atoms with Crippen molar-refractivity contribution in [3.63, 3.8) is 0 Å². The molecular weight excluding hydrogens is 194 g/mol. The number of nitrogens with zero attached hydrogens (tertiary/aromatic N) is 1. The average molecular weight is 207 g/mol.